The Kier molecular flexibility index (Phi) is 11.2. The van der Waals surface area contributed by atoms with E-state index in [9.17, 15) is 4.79 Å². The Hall–Kier alpha value is 0.0197. The molecule has 1 aromatic carbocycles. The number of benzene rings is 1. The summed E-state index contributed by atoms with van der Waals surface area (Å²) in [7, 11) is -5.14. The van der Waals surface area contributed by atoms with E-state index in [0.717, 1.165) is 5.56 Å². The van der Waals surface area contributed by atoms with Gasteiger partial charge in [0.1, 0.15) is 6.04 Å². The first-order valence-electron chi connectivity index (χ1n) is 4.47. The van der Waals surface area contributed by atoms with Crippen molar-refractivity contribution in [3.63, 3.8) is 0 Å². The number of aliphatic carboxylic acids is 1. The average molecular weight is 301 g/mol. The van der Waals surface area contributed by atoms with Crippen molar-refractivity contribution in [2.45, 2.75) is 12.5 Å². The third kappa shape index (κ3) is 14.1. The van der Waals surface area contributed by atoms with Crippen LogP contribution >= 0.6 is 7.82 Å². The largest absolute Gasteiger partial charge is 2.00 e. The van der Waals surface area contributed by atoms with Crippen molar-refractivity contribution in [2.24, 2.45) is 5.73 Å². The van der Waals surface area contributed by atoms with E-state index >= 15 is 0 Å². The molecule has 0 aromatic heterocycles. The summed E-state index contributed by atoms with van der Waals surface area (Å²) in [5.41, 5.74) is 6.30. The summed E-state index contributed by atoms with van der Waals surface area (Å²) in [6.45, 7) is 0. The molecule has 18 heavy (non-hydrogen) atoms. The van der Waals surface area contributed by atoms with E-state index < -0.39 is 19.8 Å². The molecular formula is C9H12CaNO6P. The molecule has 96 valence electrons. The van der Waals surface area contributed by atoms with Gasteiger partial charge >= 0.3 is 43.7 Å². The molecule has 0 radical (unpaired) electrons. The maximum Gasteiger partial charge on any atom is 2.00 e. The van der Waals surface area contributed by atoms with Gasteiger partial charge in [0.15, 0.2) is 0 Å². The number of phosphoric acid groups is 1. The van der Waals surface area contributed by atoms with Crippen molar-refractivity contribution >= 4 is 51.5 Å². The van der Waals surface area contributed by atoms with Crippen molar-refractivity contribution in [3.8, 4) is 0 Å². The number of rotatable bonds is 3. The molecule has 0 aliphatic heterocycles. The molecule has 0 aliphatic carbocycles. The second-order valence-corrected chi connectivity index (χ2v) is 4.04. The summed E-state index contributed by atoms with van der Waals surface area (Å²) in [6, 6.07) is 8.54. The summed E-state index contributed by atoms with van der Waals surface area (Å²) in [4.78, 5) is 34.7. The van der Waals surface area contributed by atoms with E-state index in [-0.39, 0.29) is 37.7 Å². The summed E-state index contributed by atoms with van der Waals surface area (Å²) < 4.78 is 8.66. The molecule has 1 unspecified atom stereocenters. The van der Waals surface area contributed by atoms with Crippen LogP contribution in [-0.2, 0) is 15.8 Å². The van der Waals surface area contributed by atoms with Crippen LogP contribution in [0.4, 0.5) is 0 Å². The third-order valence-electron chi connectivity index (χ3n) is 1.62. The Bertz CT molecular complexity index is 387. The first kappa shape index (κ1) is 20.3. The van der Waals surface area contributed by atoms with Crippen LogP contribution in [0, 0.1) is 0 Å². The van der Waals surface area contributed by atoms with Crippen LogP contribution < -0.4 is 15.5 Å². The standard InChI is InChI=1S/C9H11NO2.Ca.H3O4P/c10-8(9(11)12)6-7-4-2-1-3-5-7;;1-5(2,3)4/h1-5,8H,6,10H2,(H,11,12);;(H3,1,2,3,4)/q;+2;/p-2. The van der Waals surface area contributed by atoms with E-state index in [4.69, 9.17) is 30.1 Å². The Morgan fingerprint density at radius 3 is 2.06 bits per heavy atom. The van der Waals surface area contributed by atoms with E-state index in [2.05, 4.69) is 0 Å². The molecule has 0 saturated heterocycles. The topological polar surface area (TPSA) is 147 Å². The molecule has 0 saturated carbocycles. The van der Waals surface area contributed by atoms with E-state index in [1.165, 1.54) is 0 Å². The molecule has 9 heteroatoms. The fraction of sp³-hybridized carbons (Fsp3) is 0.222. The van der Waals surface area contributed by atoms with Crippen LogP contribution in [0.2, 0.25) is 0 Å². The molecular weight excluding hydrogens is 289 g/mol. The van der Waals surface area contributed by atoms with E-state index in [1.54, 1.807) is 0 Å². The number of nitrogens with two attached hydrogens (primary N) is 1. The Morgan fingerprint density at radius 1 is 1.33 bits per heavy atom. The van der Waals surface area contributed by atoms with Gasteiger partial charge in [-0.05, 0) is 12.0 Å². The van der Waals surface area contributed by atoms with Crippen molar-refractivity contribution in [1.29, 1.82) is 0 Å². The predicted octanol–water partition coefficient (Wildman–Crippen LogP) is -1.93. The predicted molar refractivity (Wildman–Crippen MR) is 61.3 cm³/mol. The maximum absolute atomic E-state index is 10.4. The molecule has 1 rings (SSSR count). The first-order valence-corrected chi connectivity index (χ1v) is 5.97. The first-order chi connectivity index (χ1) is 7.70. The van der Waals surface area contributed by atoms with E-state index in [0.29, 0.717) is 6.42 Å². The van der Waals surface area contributed by atoms with E-state index in [1.807, 2.05) is 30.3 Å². The maximum atomic E-state index is 10.4. The summed E-state index contributed by atoms with van der Waals surface area (Å²) in [5, 5.41) is 8.52. The summed E-state index contributed by atoms with van der Waals surface area (Å²) in [5.74, 6) is -0.959. The minimum Gasteiger partial charge on any atom is -0.790 e. The normalized spacial score (nSPS) is 11.6. The average Bonchev–Trinajstić information content (AvgIpc) is 2.16. The van der Waals surface area contributed by atoms with Crippen molar-refractivity contribution in [2.75, 3.05) is 0 Å². The van der Waals surface area contributed by atoms with Crippen LogP contribution in [0.15, 0.2) is 30.3 Å². The van der Waals surface area contributed by atoms with Gasteiger partial charge in [-0.3, -0.25) is 4.79 Å². The summed E-state index contributed by atoms with van der Waals surface area (Å²) >= 11 is 0. The molecule has 0 heterocycles. The molecule has 0 aliphatic rings. The number of carbonyl (C=O) groups is 1. The smallest absolute Gasteiger partial charge is 0.790 e. The van der Waals surface area contributed by atoms with Crippen molar-refractivity contribution < 1.29 is 29.1 Å². The molecule has 4 N–H and O–H groups in total. The van der Waals surface area contributed by atoms with Gasteiger partial charge in [-0.15, -0.1) is 0 Å². The van der Waals surface area contributed by atoms with Crippen molar-refractivity contribution in [1.82, 2.24) is 0 Å². The Morgan fingerprint density at radius 2 is 1.72 bits per heavy atom. The summed E-state index contributed by atoms with van der Waals surface area (Å²) in [6.07, 6.45) is 0.385. The molecule has 0 fully saturated rings. The second-order valence-electron chi connectivity index (χ2n) is 3.10. The Labute approximate surface area is 134 Å². The zero-order valence-corrected chi connectivity index (χ0v) is 12.5. The van der Waals surface area contributed by atoms with Gasteiger partial charge < -0.3 is 30.1 Å². The van der Waals surface area contributed by atoms with Crippen LogP contribution in [0.25, 0.3) is 0 Å². The zero-order valence-electron chi connectivity index (χ0n) is 9.43. The van der Waals surface area contributed by atoms with Crippen LogP contribution in [-0.4, -0.2) is 59.7 Å². The van der Waals surface area contributed by atoms with Gasteiger partial charge in [0.25, 0.3) is 0 Å². The molecule has 0 amide bonds. The molecule has 0 bridgehead atoms. The van der Waals surface area contributed by atoms with Gasteiger partial charge in [0.2, 0.25) is 0 Å². The fourth-order valence-corrected chi connectivity index (χ4v) is 0.955. The minimum atomic E-state index is -5.14. The SMILES string of the molecule is NC(Cc1ccccc1)C(=O)O.O=P([O-])([O-])O.[Ca+2]. The number of hydrogen-bond acceptors (Lipinski definition) is 5. The van der Waals surface area contributed by atoms with Crippen molar-refractivity contribution in [3.05, 3.63) is 35.9 Å². The van der Waals surface area contributed by atoms with Crippen LogP contribution in [0.1, 0.15) is 5.56 Å². The number of hydrogen-bond donors (Lipinski definition) is 3. The molecule has 1 aromatic rings. The van der Waals surface area contributed by atoms with Gasteiger partial charge in [0, 0.05) is 0 Å². The number of carboxylic acids is 1. The van der Waals surface area contributed by atoms with Gasteiger partial charge in [0.05, 0.1) is 7.82 Å². The molecule has 7 nitrogen and oxygen atoms in total. The molecule has 1 atom stereocenters. The molecule has 0 spiro atoms. The van der Waals surface area contributed by atoms with Crippen LogP contribution in [0.3, 0.4) is 0 Å². The third-order valence-corrected chi connectivity index (χ3v) is 1.62. The zero-order chi connectivity index (χ0) is 13.5. The van der Waals surface area contributed by atoms with Gasteiger partial charge in [-0.2, -0.15) is 0 Å². The minimum absolute atomic E-state index is 0. The van der Waals surface area contributed by atoms with Crippen LogP contribution in [0.5, 0.6) is 0 Å². The second kappa shape index (κ2) is 9.89. The monoisotopic (exact) mass is 301 g/mol. The number of carboxylic acid groups (broad SMARTS) is 1. The fourth-order valence-electron chi connectivity index (χ4n) is 0.955. The Balaban J connectivity index is 0. The van der Waals surface area contributed by atoms with Gasteiger partial charge in [-0.1, -0.05) is 30.3 Å². The van der Waals surface area contributed by atoms with Gasteiger partial charge in [-0.25, -0.2) is 0 Å². The quantitative estimate of drug-likeness (QED) is 0.435.